The van der Waals surface area contributed by atoms with E-state index in [4.69, 9.17) is 5.73 Å². The molecule has 4 nitrogen and oxygen atoms in total. The van der Waals surface area contributed by atoms with E-state index < -0.39 is 0 Å². The van der Waals surface area contributed by atoms with Gasteiger partial charge in [0.25, 0.3) is 0 Å². The minimum absolute atomic E-state index is 0.0514. The molecule has 0 bridgehead atoms. The number of rotatable bonds is 7. The van der Waals surface area contributed by atoms with Crippen molar-refractivity contribution in [3.8, 4) is 0 Å². The SMILES string of the molecule is CCCC(N)c1ccn(CC(=O)NC(C)CC)c1. The third-order valence-electron chi connectivity index (χ3n) is 3.15. The molecule has 2 atom stereocenters. The third-order valence-corrected chi connectivity index (χ3v) is 3.15. The highest BCUT2D eigenvalue weighted by Gasteiger charge is 2.09. The van der Waals surface area contributed by atoms with Crippen molar-refractivity contribution >= 4 is 5.91 Å². The number of carbonyl (C=O) groups excluding carboxylic acids is 1. The molecular formula is C14H25N3O. The summed E-state index contributed by atoms with van der Waals surface area (Å²) in [5.41, 5.74) is 7.14. The van der Waals surface area contributed by atoms with E-state index in [9.17, 15) is 4.79 Å². The number of amides is 1. The number of hydrogen-bond acceptors (Lipinski definition) is 2. The summed E-state index contributed by atoms with van der Waals surface area (Å²) in [6.07, 6.45) is 6.88. The second kappa shape index (κ2) is 7.21. The van der Waals surface area contributed by atoms with Crippen molar-refractivity contribution in [2.75, 3.05) is 0 Å². The lowest BCUT2D eigenvalue weighted by Crippen LogP contribution is -2.34. The van der Waals surface area contributed by atoms with Gasteiger partial charge in [0.2, 0.25) is 5.91 Å². The number of aromatic nitrogens is 1. The first-order chi connectivity index (χ1) is 8.56. The van der Waals surface area contributed by atoms with Gasteiger partial charge in [-0.05, 0) is 31.4 Å². The summed E-state index contributed by atoms with van der Waals surface area (Å²) in [7, 11) is 0. The predicted octanol–water partition coefficient (Wildman–Crippen LogP) is 2.20. The van der Waals surface area contributed by atoms with Gasteiger partial charge in [0, 0.05) is 24.5 Å². The van der Waals surface area contributed by atoms with Crippen LogP contribution in [0.25, 0.3) is 0 Å². The molecule has 0 radical (unpaired) electrons. The smallest absolute Gasteiger partial charge is 0.240 e. The lowest BCUT2D eigenvalue weighted by atomic mass is 10.1. The first-order valence-corrected chi connectivity index (χ1v) is 6.77. The molecule has 4 heteroatoms. The van der Waals surface area contributed by atoms with E-state index in [0.29, 0.717) is 6.54 Å². The highest BCUT2D eigenvalue weighted by atomic mass is 16.2. The van der Waals surface area contributed by atoms with Crippen LogP contribution in [0.5, 0.6) is 0 Å². The Kier molecular flexibility index (Phi) is 5.92. The molecule has 1 aromatic heterocycles. The standard InChI is InChI=1S/C14H25N3O/c1-4-6-13(15)12-7-8-17(9-12)10-14(18)16-11(3)5-2/h7-9,11,13H,4-6,10,15H2,1-3H3,(H,16,18). The Morgan fingerprint density at radius 1 is 1.50 bits per heavy atom. The van der Waals surface area contributed by atoms with Gasteiger partial charge in [-0.2, -0.15) is 0 Å². The monoisotopic (exact) mass is 251 g/mol. The van der Waals surface area contributed by atoms with Crippen LogP contribution in [-0.2, 0) is 11.3 Å². The molecule has 0 saturated heterocycles. The van der Waals surface area contributed by atoms with E-state index in [1.165, 1.54) is 0 Å². The van der Waals surface area contributed by atoms with Gasteiger partial charge in [-0.15, -0.1) is 0 Å². The minimum Gasteiger partial charge on any atom is -0.352 e. The molecule has 0 aromatic carbocycles. The van der Waals surface area contributed by atoms with Gasteiger partial charge in [-0.25, -0.2) is 0 Å². The number of nitrogens with two attached hydrogens (primary N) is 1. The van der Waals surface area contributed by atoms with E-state index >= 15 is 0 Å². The molecule has 102 valence electrons. The van der Waals surface area contributed by atoms with Crippen LogP contribution in [0, 0.1) is 0 Å². The van der Waals surface area contributed by atoms with Crippen LogP contribution in [0.3, 0.4) is 0 Å². The van der Waals surface area contributed by atoms with Gasteiger partial charge >= 0.3 is 0 Å². The summed E-state index contributed by atoms with van der Waals surface area (Å²) in [5.74, 6) is 0.0514. The average Bonchev–Trinajstić information content (AvgIpc) is 2.77. The van der Waals surface area contributed by atoms with Crippen molar-refractivity contribution in [3.05, 3.63) is 24.0 Å². The quantitative estimate of drug-likeness (QED) is 0.780. The van der Waals surface area contributed by atoms with Crippen LogP contribution in [0.2, 0.25) is 0 Å². The van der Waals surface area contributed by atoms with Gasteiger partial charge in [0.15, 0.2) is 0 Å². The van der Waals surface area contributed by atoms with E-state index in [2.05, 4.69) is 19.2 Å². The Morgan fingerprint density at radius 3 is 2.83 bits per heavy atom. The lowest BCUT2D eigenvalue weighted by Gasteiger charge is -2.12. The zero-order valence-corrected chi connectivity index (χ0v) is 11.6. The molecule has 1 rings (SSSR count). The summed E-state index contributed by atoms with van der Waals surface area (Å²) in [4.78, 5) is 11.7. The van der Waals surface area contributed by atoms with Crippen molar-refractivity contribution < 1.29 is 4.79 Å². The van der Waals surface area contributed by atoms with Crippen LogP contribution >= 0.6 is 0 Å². The fraction of sp³-hybridized carbons (Fsp3) is 0.643. The van der Waals surface area contributed by atoms with Crippen molar-refractivity contribution in [2.24, 2.45) is 5.73 Å². The number of hydrogen-bond donors (Lipinski definition) is 2. The molecule has 2 unspecified atom stereocenters. The Bertz CT molecular complexity index is 373. The molecule has 0 aliphatic heterocycles. The van der Waals surface area contributed by atoms with E-state index in [-0.39, 0.29) is 18.0 Å². The van der Waals surface area contributed by atoms with Crippen molar-refractivity contribution in [2.45, 2.75) is 58.7 Å². The number of nitrogens with zero attached hydrogens (tertiary/aromatic N) is 1. The maximum Gasteiger partial charge on any atom is 0.240 e. The summed E-state index contributed by atoms with van der Waals surface area (Å²) < 4.78 is 1.89. The second-order valence-corrected chi connectivity index (χ2v) is 4.89. The molecule has 1 heterocycles. The van der Waals surface area contributed by atoms with E-state index in [0.717, 1.165) is 24.8 Å². The molecule has 0 aliphatic rings. The summed E-state index contributed by atoms with van der Waals surface area (Å²) in [6.45, 7) is 6.55. The van der Waals surface area contributed by atoms with Gasteiger partial charge in [-0.3, -0.25) is 4.79 Å². The first-order valence-electron chi connectivity index (χ1n) is 6.77. The Labute approximate surface area is 110 Å². The predicted molar refractivity (Wildman–Crippen MR) is 74.2 cm³/mol. The first kappa shape index (κ1) is 14.8. The van der Waals surface area contributed by atoms with E-state index in [1.807, 2.05) is 30.0 Å². The second-order valence-electron chi connectivity index (χ2n) is 4.89. The van der Waals surface area contributed by atoms with Gasteiger partial charge < -0.3 is 15.6 Å². The van der Waals surface area contributed by atoms with Crippen LogP contribution in [-0.4, -0.2) is 16.5 Å². The Hall–Kier alpha value is -1.29. The van der Waals surface area contributed by atoms with Gasteiger partial charge in [-0.1, -0.05) is 20.3 Å². The number of carbonyl (C=O) groups is 1. The maximum atomic E-state index is 11.7. The molecular weight excluding hydrogens is 226 g/mol. The molecule has 3 N–H and O–H groups in total. The van der Waals surface area contributed by atoms with Crippen LogP contribution in [0.1, 0.15) is 51.6 Å². The fourth-order valence-electron chi connectivity index (χ4n) is 1.84. The Morgan fingerprint density at radius 2 is 2.22 bits per heavy atom. The normalized spacial score (nSPS) is 14.2. The van der Waals surface area contributed by atoms with Crippen molar-refractivity contribution in [1.82, 2.24) is 9.88 Å². The van der Waals surface area contributed by atoms with Crippen molar-refractivity contribution in [3.63, 3.8) is 0 Å². The van der Waals surface area contributed by atoms with Crippen LogP contribution in [0.4, 0.5) is 0 Å². The zero-order valence-electron chi connectivity index (χ0n) is 11.6. The highest BCUT2D eigenvalue weighted by Crippen LogP contribution is 2.15. The maximum absolute atomic E-state index is 11.7. The molecule has 1 aromatic rings. The summed E-state index contributed by atoms with van der Waals surface area (Å²) in [6, 6.07) is 2.31. The molecule has 1 amide bonds. The summed E-state index contributed by atoms with van der Waals surface area (Å²) >= 11 is 0. The molecule has 0 saturated carbocycles. The van der Waals surface area contributed by atoms with Crippen LogP contribution in [0.15, 0.2) is 18.5 Å². The average molecular weight is 251 g/mol. The highest BCUT2D eigenvalue weighted by molar-refractivity contribution is 5.76. The van der Waals surface area contributed by atoms with Gasteiger partial charge in [0.05, 0.1) is 0 Å². The molecule has 18 heavy (non-hydrogen) atoms. The minimum atomic E-state index is 0.0514. The molecule has 0 spiro atoms. The molecule has 0 aliphatic carbocycles. The largest absolute Gasteiger partial charge is 0.352 e. The van der Waals surface area contributed by atoms with Crippen LogP contribution < -0.4 is 11.1 Å². The summed E-state index contributed by atoms with van der Waals surface area (Å²) in [5, 5.41) is 2.95. The topological polar surface area (TPSA) is 60.0 Å². The Balaban J connectivity index is 2.51. The third kappa shape index (κ3) is 4.53. The number of nitrogens with one attached hydrogen (secondary N) is 1. The lowest BCUT2D eigenvalue weighted by molar-refractivity contribution is -0.122. The molecule has 0 fully saturated rings. The fourth-order valence-corrected chi connectivity index (χ4v) is 1.84. The zero-order chi connectivity index (χ0) is 13.5. The van der Waals surface area contributed by atoms with Gasteiger partial charge in [0.1, 0.15) is 6.54 Å². The van der Waals surface area contributed by atoms with E-state index in [1.54, 1.807) is 0 Å². The van der Waals surface area contributed by atoms with Crippen molar-refractivity contribution in [1.29, 1.82) is 0 Å².